The monoisotopic (exact) mass is 216 g/mol. The molecule has 0 fully saturated rings. The maximum absolute atomic E-state index is 9.53. The molecule has 0 saturated carbocycles. The summed E-state index contributed by atoms with van der Waals surface area (Å²) in [5.74, 6) is 0. The Morgan fingerprint density at radius 1 is 1.25 bits per heavy atom. The van der Waals surface area contributed by atoms with Crippen LogP contribution in [0.25, 0.3) is 21.9 Å². The molecule has 0 amide bonds. The molecular formula is C13H12O3. The maximum atomic E-state index is 9.53. The summed E-state index contributed by atoms with van der Waals surface area (Å²) in [7, 11) is 0. The first kappa shape index (κ1) is 9.48. The third-order valence-corrected chi connectivity index (χ3v) is 2.78. The third-order valence-electron chi connectivity index (χ3n) is 2.78. The van der Waals surface area contributed by atoms with Gasteiger partial charge in [-0.25, -0.2) is 0 Å². The van der Waals surface area contributed by atoms with Gasteiger partial charge in [0.25, 0.3) is 0 Å². The van der Waals surface area contributed by atoms with E-state index in [4.69, 9.17) is 8.83 Å². The molecule has 0 aliphatic rings. The summed E-state index contributed by atoms with van der Waals surface area (Å²) in [6.45, 7) is 1.77. The number of hydrogen-bond acceptors (Lipinski definition) is 3. The van der Waals surface area contributed by atoms with Gasteiger partial charge in [0.05, 0.1) is 18.6 Å². The number of fused-ring (bicyclic) bond motifs is 2. The molecule has 16 heavy (non-hydrogen) atoms. The van der Waals surface area contributed by atoms with Gasteiger partial charge in [0.15, 0.2) is 0 Å². The van der Waals surface area contributed by atoms with Crippen LogP contribution >= 0.6 is 0 Å². The highest BCUT2D eigenvalue weighted by Crippen LogP contribution is 2.30. The average Bonchev–Trinajstić information content (AvgIpc) is 2.83. The lowest BCUT2D eigenvalue weighted by Crippen LogP contribution is -2.04. The van der Waals surface area contributed by atoms with Crippen molar-refractivity contribution in [1.82, 2.24) is 0 Å². The summed E-state index contributed by atoms with van der Waals surface area (Å²) >= 11 is 0. The van der Waals surface area contributed by atoms with Gasteiger partial charge in [-0.1, -0.05) is 0 Å². The zero-order valence-corrected chi connectivity index (χ0v) is 8.93. The smallest absolute Gasteiger partial charge is 0.138 e. The molecule has 3 aromatic rings. The molecule has 1 N–H and O–H groups in total. The summed E-state index contributed by atoms with van der Waals surface area (Å²) in [6.07, 6.45) is 3.50. The van der Waals surface area contributed by atoms with Gasteiger partial charge in [0.1, 0.15) is 11.2 Å². The Balaban J connectivity index is 2.37. The highest BCUT2D eigenvalue weighted by Gasteiger charge is 2.13. The molecule has 0 saturated heterocycles. The highest BCUT2D eigenvalue weighted by molar-refractivity contribution is 5.97. The third kappa shape index (κ3) is 1.32. The van der Waals surface area contributed by atoms with E-state index in [1.165, 1.54) is 0 Å². The zero-order chi connectivity index (χ0) is 11.1. The van der Waals surface area contributed by atoms with E-state index in [9.17, 15) is 5.11 Å². The second kappa shape index (κ2) is 3.39. The topological polar surface area (TPSA) is 46.5 Å². The first-order chi connectivity index (χ1) is 7.75. The number of benzene rings is 1. The summed E-state index contributed by atoms with van der Waals surface area (Å²) in [5.41, 5.74) is 2.70. The predicted octanol–water partition coefficient (Wildman–Crippen LogP) is 3.10. The van der Waals surface area contributed by atoms with Crippen molar-refractivity contribution in [2.45, 2.75) is 19.4 Å². The van der Waals surface area contributed by atoms with Gasteiger partial charge in [0.2, 0.25) is 0 Å². The lowest BCUT2D eigenvalue weighted by Gasteiger charge is -2.06. The van der Waals surface area contributed by atoms with Crippen molar-refractivity contribution in [3.63, 3.8) is 0 Å². The first-order valence-corrected chi connectivity index (χ1v) is 5.30. The van der Waals surface area contributed by atoms with Crippen molar-refractivity contribution >= 4 is 21.9 Å². The van der Waals surface area contributed by atoms with Crippen molar-refractivity contribution < 1.29 is 13.9 Å². The van der Waals surface area contributed by atoms with Crippen LogP contribution in [0.3, 0.4) is 0 Å². The van der Waals surface area contributed by atoms with Crippen LogP contribution in [-0.2, 0) is 6.42 Å². The number of aliphatic hydroxyl groups is 1. The second-order valence-electron chi connectivity index (χ2n) is 4.08. The van der Waals surface area contributed by atoms with Gasteiger partial charge in [-0.2, -0.15) is 0 Å². The summed E-state index contributed by atoms with van der Waals surface area (Å²) in [5, 5.41) is 11.6. The molecule has 0 radical (unpaired) electrons. The molecule has 1 atom stereocenters. The first-order valence-electron chi connectivity index (χ1n) is 5.30. The number of rotatable bonds is 2. The van der Waals surface area contributed by atoms with Crippen molar-refractivity contribution in [3.05, 3.63) is 36.3 Å². The SMILES string of the molecule is CC(O)Cc1c2ccoc2cc2ccoc12. The zero-order valence-electron chi connectivity index (χ0n) is 8.93. The van der Waals surface area contributed by atoms with Gasteiger partial charge in [-0.3, -0.25) is 0 Å². The molecule has 1 unspecified atom stereocenters. The Bertz CT molecular complexity index is 582. The van der Waals surface area contributed by atoms with E-state index < -0.39 is 6.10 Å². The van der Waals surface area contributed by atoms with Crippen LogP contribution in [0.1, 0.15) is 12.5 Å². The van der Waals surface area contributed by atoms with E-state index in [1.807, 2.05) is 18.2 Å². The molecule has 2 heterocycles. The quantitative estimate of drug-likeness (QED) is 0.716. The van der Waals surface area contributed by atoms with Crippen molar-refractivity contribution in [1.29, 1.82) is 0 Å². The highest BCUT2D eigenvalue weighted by atomic mass is 16.3. The van der Waals surface area contributed by atoms with E-state index >= 15 is 0 Å². The molecule has 3 heteroatoms. The summed E-state index contributed by atoms with van der Waals surface area (Å²) in [6, 6.07) is 5.78. The Labute approximate surface area is 92.3 Å². The fourth-order valence-corrected chi connectivity index (χ4v) is 2.12. The number of aliphatic hydroxyl groups excluding tert-OH is 1. The lowest BCUT2D eigenvalue weighted by atomic mass is 10.0. The molecule has 3 rings (SSSR count). The fourth-order valence-electron chi connectivity index (χ4n) is 2.12. The van der Waals surface area contributed by atoms with Gasteiger partial charge in [0, 0.05) is 22.8 Å². The van der Waals surface area contributed by atoms with Crippen molar-refractivity contribution in [3.8, 4) is 0 Å². The van der Waals surface area contributed by atoms with Crippen LogP contribution < -0.4 is 0 Å². The molecule has 82 valence electrons. The maximum Gasteiger partial charge on any atom is 0.138 e. The molecule has 1 aromatic carbocycles. The number of furan rings is 2. The van der Waals surface area contributed by atoms with E-state index in [2.05, 4.69) is 0 Å². The number of hydrogen-bond donors (Lipinski definition) is 1. The minimum atomic E-state index is -0.395. The van der Waals surface area contributed by atoms with Crippen LogP contribution in [0.4, 0.5) is 0 Å². The summed E-state index contributed by atoms with van der Waals surface area (Å²) in [4.78, 5) is 0. The van der Waals surface area contributed by atoms with Gasteiger partial charge in [-0.05, 0) is 25.1 Å². The Hall–Kier alpha value is -1.74. The van der Waals surface area contributed by atoms with Crippen LogP contribution in [-0.4, -0.2) is 11.2 Å². The minimum Gasteiger partial charge on any atom is -0.464 e. The van der Waals surface area contributed by atoms with E-state index in [1.54, 1.807) is 19.5 Å². The second-order valence-corrected chi connectivity index (χ2v) is 4.08. The molecule has 2 aromatic heterocycles. The Morgan fingerprint density at radius 3 is 2.88 bits per heavy atom. The van der Waals surface area contributed by atoms with E-state index in [-0.39, 0.29) is 0 Å². The largest absolute Gasteiger partial charge is 0.464 e. The normalized spacial score (nSPS) is 13.6. The van der Waals surface area contributed by atoms with Crippen LogP contribution in [0.2, 0.25) is 0 Å². The molecule has 0 aliphatic carbocycles. The Kier molecular flexibility index (Phi) is 2.01. The predicted molar refractivity (Wildman–Crippen MR) is 61.4 cm³/mol. The summed E-state index contributed by atoms with van der Waals surface area (Å²) < 4.78 is 10.9. The average molecular weight is 216 g/mol. The van der Waals surface area contributed by atoms with Crippen LogP contribution in [0.15, 0.2) is 39.6 Å². The van der Waals surface area contributed by atoms with Crippen molar-refractivity contribution in [2.24, 2.45) is 0 Å². The van der Waals surface area contributed by atoms with Crippen LogP contribution in [0.5, 0.6) is 0 Å². The van der Waals surface area contributed by atoms with Gasteiger partial charge in [-0.15, -0.1) is 0 Å². The van der Waals surface area contributed by atoms with Gasteiger partial charge >= 0.3 is 0 Å². The van der Waals surface area contributed by atoms with E-state index in [0.717, 1.165) is 27.5 Å². The fraction of sp³-hybridized carbons (Fsp3) is 0.231. The standard InChI is InChI=1S/C13H12O3/c1-8(14)6-11-10-3-5-15-12(10)7-9-2-4-16-13(9)11/h2-5,7-8,14H,6H2,1H3. The molecule has 3 nitrogen and oxygen atoms in total. The minimum absolute atomic E-state index is 0.395. The lowest BCUT2D eigenvalue weighted by molar-refractivity contribution is 0.196. The molecule has 0 spiro atoms. The molecule has 0 aliphatic heterocycles. The van der Waals surface area contributed by atoms with Crippen LogP contribution in [0, 0.1) is 0 Å². The Morgan fingerprint density at radius 2 is 2.06 bits per heavy atom. The molecule has 0 bridgehead atoms. The van der Waals surface area contributed by atoms with Crippen molar-refractivity contribution in [2.75, 3.05) is 0 Å². The molecular weight excluding hydrogens is 204 g/mol. The van der Waals surface area contributed by atoms with Gasteiger partial charge < -0.3 is 13.9 Å². The van der Waals surface area contributed by atoms with E-state index in [0.29, 0.717) is 6.42 Å².